The second-order valence-electron chi connectivity index (χ2n) is 8.04. The predicted octanol–water partition coefficient (Wildman–Crippen LogP) is 1.52. The van der Waals surface area contributed by atoms with Crippen molar-refractivity contribution in [2.75, 3.05) is 13.1 Å². The van der Waals surface area contributed by atoms with Crippen molar-refractivity contribution in [2.45, 2.75) is 64.5 Å². The van der Waals surface area contributed by atoms with Crippen LogP contribution in [0.3, 0.4) is 0 Å². The van der Waals surface area contributed by atoms with Crippen LogP contribution in [-0.4, -0.2) is 53.8 Å². The van der Waals surface area contributed by atoms with Gasteiger partial charge in [-0.25, -0.2) is 0 Å². The minimum atomic E-state index is -0.884. The smallest absolute Gasteiger partial charge is 0.376 e. The monoisotopic (exact) mass is 331 g/mol. The van der Waals surface area contributed by atoms with Gasteiger partial charge in [0.1, 0.15) is 0 Å². The molecule has 1 fully saturated rings. The van der Waals surface area contributed by atoms with Crippen LogP contribution in [0.2, 0.25) is 6.82 Å². The van der Waals surface area contributed by atoms with Gasteiger partial charge in [-0.2, -0.15) is 0 Å². The Balaban J connectivity index is 1.90. The lowest BCUT2D eigenvalue weighted by Gasteiger charge is -2.37. The highest BCUT2D eigenvalue weighted by Crippen LogP contribution is 2.28. The average molecular weight is 331 g/mol. The quantitative estimate of drug-likeness (QED) is 0.776. The number of hydrogen-bond donors (Lipinski definition) is 2. The first kappa shape index (κ1) is 19.5. The van der Waals surface area contributed by atoms with Crippen LogP contribution < -0.4 is 5.46 Å². The molecule has 1 heterocycles. The Labute approximate surface area is 147 Å². The molecular formula is C18H31B2NO3. The lowest BCUT2D eigenvalue weighted by atomic mass is 9.78. The van der Waals surface area contributed by atoms with Gasteiger partial charge in [-0.1, -0.05) is 29.7 Å². The van der Waals surface area contributed by atoms with Gasteiger partial charge >= 0.3 is 14.5 Å². The predicted molar refractivity (Wildman–Crippen MR) is 102 cm³/mol. The van der Waals surface area contributed by atoms with Gasteiger partial charge in [0.15, 0.2) is 0 Å². The summed E-state index contributed by atoms with van der Waals surface area (Å²) in [5, 5.41) is 19.8. The Morgan fingerprint density at radius 3 is 2.12 bits per heavy atom. The third-order valence-corrected chi connectivity index (χ3v) is 5.58. The first-order valence-corrected chi connectivity index (χ1v) is 8.97. The average Bonchev–Trinajstić information content (AvgIpc) is 2.52. The van der Waals surface area contributed by atoms with Crippen LogP contribution in [-0.2, 0) is 4.65 Å². The van der Waals surface area contributed by atoms with E-state index in [1.54, 1.807) is 13.8 Å². The van der Waals surface area contributed by atoms with Crippen molar-refractivity contribution in [1.29, 1.82) is 0 Å². The van der Waals surface area contributed by atoms with Crippen molar-refractivity contribution in [1.82, 2.24) is 4.81 Å². The molecule has 1 aromatic carbocycles. The van der Waals surface area contributed by atoms with Crippen molar-refractivity contribution < 1.29 is 14.8 Å². The summed E-state index contributed by atoms with van der Waals surface area (Å²) in [7, 11) is 0.155. The molecule has 2 rings (SSSR count). The molecule has 4 nitrogen and oxygen atoms in total. The van der Waals surface area contributed by atoms with E-state index < -0.39 is 11.2 Å². The van der Waals surface area contributed by atoms with Gasteiger partial charge in [-0.15, -0.1) is 0 Å². The second kappa shape index (κ2) is 7.61. The van der Waals surface area contributed by atoms with E-state index in [1.807, 2.05) is 20.7 Å². The van der Waals surface area contributed by atoms with Gasteiger partial charge in [0, 0.05) is 0 Å². The lowest BCUT2D eigenvalue weighted by molar-refractivity contribution is -0.0893. The summed E-state index contributed by atoms with van der Waals surface area (Å²) in [4.78, 5) is 2.12. The van der Waals surface area contributed by atoms with Crippen molar-refractivity contribution >= 4 is 20.0 Å². The number of hydrogen-bond acceptors (Lipinski definition) is 4. The van der Waals surface area contributed by atoms with Gasteiger partial charge < -0.3 is 19.6 Å². The Kier molecular flexibility index (Phi) is 6.19. The maximum absolute atomic E-state index is 10.2. The molecular weight excluding hydrogens is 300 g/mol. The van der Waals surface area contributed by atoms with Crippen LogP contribution in [0.4, 0.5) is 0 Å². The summed E-state index contributed by atoms with van der Waals surface area (Å²) in [6.07, 6.45) is 2.18. The van der Waals surface area contributed by atoms with Gasteiger partial charge in [0.25, 0.3) is 0 Å². The minimum Gasteiger partial charge on any atom is -0.437 e. The summed E-state index contributed by atoms with van der Waals surface area (Å²) >= 11 is 0. The van der Waals surface area contributed by atoms with Crippen LogP contribution in [0, 0.1) is 0 Å². The molecule has 132 valence electrons. The van der Waals surface area contributed by atoms with Crippen LogP contribution >= 0.6 is 0 Å². The van der Waals surface area contributed by atoms with Crippen LogP contribution in [0.25, 0.3) is 0 Å². The number of piperidine rings is 1. The van der Waals surface area contributed by atoms with E-state index in [-0.39, 0.29) is 7.05 Å². The van der Waals surface area contributed by atoms with Crippen molar-refractivity contribution in [2.24, 2.45) is 0 Å². The van der Waals surface area contributed by atoms with E-state index in [2.05, 4.69) is 29.1 Å². The van der Waals surface area contributed by atoms with Crippen LogP contribution in [0.15, 0.2) is 24.3 Å². The number of aliphatic hydroxyl groups is 1. The number of rotatable bonds is 6. The fourth-order valence-electron chi connectivity index (χ4n) is 2.93. The number of nitrogens with zero attached hydrogens (tertiary/aromatic N) is 1. The van der Waals surface area contributed by atoms with E-state index in [0.717, 1.165) is 31.4 Å². The Hall–Kier alpha value is -0.810. The van der Waals surface area contributed by atoms with Gasteiger partial charge in [0.2, 0.25) is 0 Å². The molecule has 0 amide bonds. The van der Waals surface area contributed by atoms with E-state index in [9.17, 15) is 10.1 Å². The molecule has 1 aromatic rings. The lowest BCUT2D eigenvalue weighted by Crippen LogP contribution is -2.49. The first-order valence-electron chi connectivity index (χ1n) is 8.97. The van der Waals surface area contributed by atoms with Crippen molar-refractivity contribution in [3.63, 3.8) is 0 Å². The molecule has 0 atom stereocenters. The molecule has 6 heteroatoms. The molecule has 0 aromatic heterocycles. The van der Waals surface area contributed by atoms with Crippen molar-refractivity contribution in [3.8, 4) is 0 Å². The molecule has 0 aliphatic carbocycles. The summed E-state index contributed by atoms with van der Waals surface area (Å²) in [5.74, 6) is 0.572. The third kappa shape index (κ3) is 4.85. The first-order chi connectivity index (χ1) is 11.1. The fourth-order valence-corrected chi connectivity index (χ4v) is 2.93. The molecule has 0 spiro atoms. The van der Waals surface area contributed by atoms with E-state index >= 15 is 0 Å². The largest absolute Gasteiger partial charge is 0.437 e. The summed E-state index contributed by atoms with van der Waals surface area (Å²) in [6, 6.07) is 8.63. The molecule has 0 unspecified atom stereocenters. The molecule has 0 bridgehead atoms. The molecule has 24 heavy (non-hydrogen) atoms. The van der Waals surface area contributed by atoms with E-state index in [1.165, 1.54) is 5.56 Å². The molecule has 0 saturated carbocycles. The summed E-state index contributed by atoms with van der Waals surface area (Å²) < 4.78 is 5.92. The van der Waals surface area contributed by atoms with Gasteiger partial charge in [0.05, 0.1) is 11.2 Å². The Morgan fingerprint density at radius 1 is 1.12 bits per heavy atom. The zero-order valence-electron chi connectivity index (χ0n) is 15.7. The number of benzene rings is 1. The van der Waals surface area contributed by atoms with Crippen LogP contribution in [0.1, 0.15) is 52.0 Å². The molecule has 1 saturated heterocycles. The third-order valence-electron chi connectivity index (χ3n) is 5.58. The summed E-state index contributed by atoms with van der Waals surface area (Å²) in [5.41, 5.74) is 1.01. The Bertz CT molecular complexity index is 518. The minimum absolute atomic E-state index is 0.343. The normalized spacial score (nSPS) is 17.8. The zero-order chi connectivity index (χ0) is 18.0. The van der Waals surface area contributed by atoms with E-state index in [4.69, 9.17) is 4.65 Å². The standard InChI is InChI=1S/C18H31B2NO3/c1-17(2,22)18(3,4)24-19-16-8-6-14(7-9-16)15-10-12-21(13-11-15)20(5)23/h6-9,15,19,22-23H,10-13H2,1-5H3. The zero-order valence-corrected chi connectivity index (χ0v) is 15.7. The molecule has 0 radical (unpaired) electrons. The van der Waals surface area contributed by atoms with Gasteiger partial charge in [-0.05, 0) is 71.9 Å². The molecule has 1 aliphatic heterocycles. The maximum atomic E-state index is 10.2. The summed E-state index contributed by atoms with van der Waals surface area (Å²) in [6.45, 7) is 11.1. The fraction of sp³-hybridized carbons (Fsp3) is 0.667. The molecule has 2 N–H and O–H groups in total. The van der Waals surface area contributed by atoms with Crippen LogP contribution in [0.5, 0.6) is 0 Å². The van der Waals surface area contributed by atoms with Gasteiger partial charge in [-0.3, -0.25) is 0 Å². The topological polar surface area (TPSA) is 52.9 Å². The van der Waals surface area contributed by atoms with E-state index in [0.29, 0.717) is 13.4 Å². The highest BCUT2D eigenvalue weighted by molar-refractivity contribution is 6.47. The SMILES string of the molecule is CB(O)N1CCC(c2ccc(BOC(C)(C)C(C)(C)O)cc2)CC1. The highest BCUT2D eigenvalue weighted by atomic mass is 16.5. The highest BCUT2D eigenvalue weighted by Gasteiger charge is 2.35. The molecule has 1 aliphatic rings. The maximum Gasteiger partial charge on any atom is 0.376 e. The van der Waals surface area contributed by atoms with Crippen molar-refractivity contribution in [3.05, 3.63) is 29.8 Å². The Morgan fingerprint density at radius 2 is 1.67 bits per heavy atom. The second-order valence-corrected chi connectivity index (χ2v) is 8.04.